The minimum atomic E-state index is 0.150. The van der Waals surface area contributed by atoms with Crippen LogP contribution in [0.15, 0.2) is 94.9 Å². The second kappa shape index (κ2) is 12.8. The maximum absolute atomic E-state index is 11.1. The number of benzene rings is 5. The number of fused-ring (bicyclic) bond motifs is 6. The van der Waals surface area contributed by atoms with Crippen LogP contribution in [0.5, 0.6) is 11.5 Å². The molecule has 0 aliphatic heterocycles. The molecule has 7 aromatic rings. The predicted molar refractivity (Wildman–Crippen MR) is 202 cm³/mol. The molecule has 7 rings (SSSR count). The summed E-state index contributed by atoms with van der Waals surface area (Å²) < 4.78 is 4.55. The molecule has 0 amide bonds. The highest BCUT2D eigenvalue weighted by atomic mass is 16.3. The first kappa shape index (κ1) is 30.9. The van der Waals surface area contributed by atoms with E-state index in [1.807, 2.05) is 84.9 Å². The van der Waals surface area contributed by atoms with Crippen molar-refractivity contribution < 1.29 is 10.2 Å². The molecule has 0 atom stereocenters. The fraction of sp³-hybridized carbons (Fsp3) is 0.200. The highest BCUT2D eigenvalue weighted by molar-refractivity contribution is 6.12. The fourth-order valence-electron chi connectivity index (χ4n) is 6.60. The quantitative estimate of drug-likeness (QED) is 0.0880. The third kappa shape index (κ3) is 5.59. The molecule has 8 nitrogen and oxygen atoms in total. The van der Waals surface area contributed by atoms with Gasteiger partial charge in [-0.25, -0.2) is 0 Å². The number of hydrogen-bond acceptors (Lipinski definition) is 6. The number of nitrogens with zero attached hydrogens (tertiary/aromatic N) is 4. The summed E-state index contributed by atoms with van der Waals surface area (Å²) in [5.41, 5.74) is 20.4. The Kier molecular flexibility index (Phi) is 8.23. The van der Waals surface area contributed by atoms with Gasteiger partial charge in [0.15, 0.2) is 0 Å². The van der Waals surface area contributed by atoms with Crippen LogP contribution < -0.4 is 11.5 Å². The molecule has 5 aromatic carbocycles. The number of para-hydroxylation sites is 2. The third-order valence-corrected chi connectivity index (χ3v) is 9.11. The first-order valence-electron chi connectivity index (χ1n) is 16.6. The van der Waals surface area contributed by atoms with Crippen LogP contribution in [-0.2, 0) is 13.1 Å². The number of unbranched alkanes of at least 4 members (excludes halogenated alkanes) is 2. The number of aromatic hydroxyl groups is 2. The van der Waals surface area contributed by atoms with E-state index in [-0.39, 0.29) is 11.5 Å². The van der Waals surface area contributed by atoms with Crippen molar-refractivity contribution in [2.75, 3.05) is 11.5 Å². The van der Waals surface area contributed by atoms with Crippen molar-refractivity contribution >= 4 is 78.8 Å². The lowest BCUT2D eigenvalue weighted by atomic mass is 10.1. The summed E-state index contributed by atoms with van der Waals surface area (Å²) >= 11 is 0. The minimum absolute atomic E-state index is 0.150. The van der Waals surface area contributed by atoms with Gasteiger partial charge in [0.2, 0.25) is 0 Å². The number of nitrogens with two attached hydrogens (primary N) is 2. The van der Waals surface area contributed by atoms with E-state index in [0.717, 1.165) is 82.4 Å². The third-order valence-electron chi connectivity index (χ3n) is 9.11. The molecule has 0 unspecified atom stereocenters. The van der Waals surface area contributed by atoms with Crippen LogP contribution in [0.2, 0.25) is 0 Å². The highest BCUT2D eigenvalue weighted by Crippen LogP contribution is 2.37. The number of rotatable bonds is 10. The number of phenols is 2. The first-order valence-corrected chi connectivity index (χ1v) is 16.6. The van der Waals surface area contributed by atoms with Crippen LogP contribution in [-0.4, -0.2) is 31.8 Å². The Hall–Kier alpha value is -5.76. The van der Waals surface area contributed by atoms with Gasteiger partial charge >= 0.3 is 0 Å². The van der Waals surface area contributed by atoms with E-state index >= 15 is 0 Å². The Morgan fingerprint density at radius 3 is 1.40 bits per heavy atom. The molecule has 0 aliphatic rings. The Labute approximate surface area is 279 Å². The first-order chi connectivity index (χ1) is 23.4. The van der Waals surface area contributed by atoms with E-state index in [2.05, 4.69) is 23.0 Å². The molecule has 2 heterocycles. The van der Waals surface area contributed by atoms with Gasteiger partial charge in [-0.3, -0.25) is 9.98 Å². The average molecular weight is 637 g/mol. The summed E-state index contributed by atoms with van der Waals surface area (Å²) in [6, 6.07) is 27.0. The second-order valence-electron chi connectivity index (χ2n) is 12.4. The molecular formula is C40H40N6O2. The topological polar surface area (TPSA) is 127 Å². The standard InChI is InChI=1S/C40H40N6O2/c1-3-5-15-45-35-17-25(39(47)21-31(35)29-13-11-27(41)19-37(29)45)23-43-33-9-7-8-10-34(33)44-24-26-18-36-32(22-40(26)48)30-14-12-28(42)20-38(30)46(36)16-6-4-2/h7-14,17-24,47-48H,3-6,15-16,41-42H2,1-2H3. The lowest BCUT2D eigenvalue weighted by Crippen LogP contribution is -1.98. The maximum Gasteiger partial charge on any atom is 0.125 e. The van der Waals surface area contributed by atoms with Gasteiger partial charge in [-0.2, -0.15) is 0 Å². The van der Waals surface area contributed by atoms with Crippen molar-refractivity contribution in [3.05, 3.63) is 96.1 Å². The highest BCUT2D eigenvalue weighted by Gasteiger charge is 2.16. The van der Waals surface area contributed by atoms with E-state index in [0.29, 0.717) is 33.9 Å². The monoisotopic (exact) mass is 636 g/mol. The van der Waals surface area contributed by atoms with Crippen LogP contribution in [0.3, 0.4) is 0 Å². The van der Waals surface area contributed by atoms with Crippen molar-refractivity contribution in [3.63, 3.8) is 0 Å². The molecule has 0 aliphatic carbocycles. The Balaban J connectivity index is 1.25. The van der Waals surface area contributed by atoms with Gasteiger partial charge in [-0.1, -0.05) is 51.0 Å². The van der Waals surface area contributed by atoms with Crippen molar-refractivity contribution in [2.24, 2.45) is 9.98 Å². The van der Waals surface area contributed by atoms with Gasteiger partial charge in [0.05, 0.1) is 33.4 Å². The van der Waals surface area contributed by atoms with E-state index in [1.54, 1.807) is 12.4 Å². The summed E-state index contributed by atoms with van der Waals surface area (Å²) in [7, 11) is 0. The number of aromatic nitrogens is 2. The summed E-state index contributed by atoms with van der Waals surface area (Å²) in [5, 5.41) is 26.2. The van der Waals surface area contributed by atoms with Crippen molar-refractivity contribution in [3.8, 4) is 11.5 Å². The molecule has 0 saturated heterocycles. The van der Waals surface area contributed by atoms with E-state index < -0.39 is 0 Å². The Morgan fingerprint density at radius 1 is 0.562 bits per heavy atom. The molecule has 2 aromatic heterocycles. The lowest BCUT2D eigenvalue weighted by molar-refractivity contribution is 0.474. The number of nitrogen functional groups attached to an aromatic ring is 2. The van der Waals surface area contributed by atoms with E-state index in [9.17, 15) is 10.2 Å². The molecule has 0 radical (unpaired) electrons. The van der Waals surface area contributed by atoms with Gasteiger partial charge in [0, 0.05) is 69.6 Å². The summed E-state index contributed by atoms with van der Waals surface area (Å²) in [6.45, 7) is 6.06. The number of aliphatic imine (C=N–C) groups is 2. The zero-order chi connectivity index (χ0) is 33.4. The predicted octanol–water partition coefficient (Wildman–Crippen LogP) is 9.58. The summed E-state index contributed by atoms with van der Waals surface area (Å²) in [5.74, 6) is 0.300. The SMILES string of the molecule is CCCCn1c2cc(N)ccc2c2cc(O)c(C=Nc3ccccc3N=Cc3cc4c(cc3O)c3ccc(N)cc3n4CCCC)cc21. The largest absolute Gasteiger partial charge is 0.507 e. The molecule has 6 N–H and O–H groups in total. The second-order valence-corrected chi connectivity index (χ2v) is 12.4. The van der Waals surface area contributed by atoms with Crippen molar-refractivity contribution in [1.29, 1.82) is 0 Å². The Bertz CT molecular complexity index is 2210. The van der Waals surface area contributed by atoms with E-state index in [1.165, 1.54) is 0 Å². The summed E-state index contributed by atoms with van der Waals surface area (Å²) in [4.78, 5) is 9.53. The molecule has 8 heteroatoms. The van der Waals surface area contributed by atoms with Crippen LogP contribution in [0, 0.1) is 0 Å². The zero-order valence-corrected chi connectivity index (χ0v) is 27.3. The van der Waals surface area contributed by atoms with Gasteiger partial charge in [-0.15, -0.1) is 0 Å². The fourth-order valence-corrected chi connectivity index (χ4v) is 6.60. The molecule has 48 heavy (non-hydrogen) atoms. The number of hydrogen-bond donors (Lipinski definition) is 4. The van der Waals surface area contributed by atoms with Crippen molar-refractivity contribution in [2.45, 2.75) is 52.6 Å². The molecule has 0 saturated carbocycles. The summed E-state index contributed by atoms with van der Waals surface area (Å²) in [6.07, 6.45) is 7.55. The molecule has 242 valence electrons. The zero-order valence-electron chi connectivity index (χ0n) is 27.3. The van der Waals surface area contributed by atoms with Crippen LogP contribution in [0.1, 0.15) is 50.7 Å². The maximum atomic E-state index is 11.1. The van der Waals surface area contributed by atoms with Gasteiger partial charge in [-0.05, 0) is 73.5 Å². The minimum Gasteiger partial charge on any atom is -0.507 e. The van der Waals surface area contributed by atoms with Crippen molar-refractivity contribution in [1.82, 2.24) is 9.13 Å². The number of anilines is 2. The number of aryl methyl sites for hydroxylation is 2. The van der Waals surface area contributed by atoms with Gasteiger partial charge < -0.3 is 30.8 Å². The van der Waals surface area contributed by atoms with Crippen LogP contribution in [0.4, 0.5) is 22.7 Å². The normalized spacial score (nSPS) is 12.2. The number of phenolic OH excluding ortho intramolecular Hbond substituents is 2. The average Bonchev–Trinajstić information content (AvgIpc) is 3.53. The van der Waals surface area contributed by atoms with E-state index in [4.69, 9.17) is 21.5 Å². The lowest BCUT2D eigenvalue weighted by Gasteiger charge is -2.08. The Morgan fingerprint density at radius 2 is 0.979 bits per heavy atom. The van der Waals surface area contributed by atoms with Gasteiger partial charge in [0.1, 0.15) is 11.5 Å². The molecular weight excluding hydrogens is 596 g/mol. The smallest absolute Gasteiger partial charge is 0.125 e. The van der Waals surface area contributed by atoms with Crippen LogP contribution >= 0.6 is 0 Å². The van der Waals surface area contributed by atoms with Gasteiger partial charge in [0.25, 0.3) is 0 Å². The molecule has 0 fully saturated rings. The van der Waals surface area contributed by atoms with Crippen LogP contribution in [0.25, 0.3) is 43.6 Å². The molecule has 0 spiro atoms. The molecule has 0 bridgehead atoms.